The van der Waals surface area contributed by atoms with E-state index in [0.29, 0.717) is 5.92 Å². The first kappa shape index (κ1) is 11.6. The molecule has 16 heavy (non-hydrogen) atoms. The van der Waals surface area contributed by atoms with Crippen LogP contribution in [0.15, 0.2) is 24.3 Å². The van der Waals surface area contributed by atoms with Gasteiger partial charge in [0.1, 0.15) is 0 Å². The zero-order valence-electron chi connectivity index (χ0n) is 10.2. The summed E-state index contributed by atoms with van der Waals surface area (Å²) in [6.07, 6.45) is 2.18. The van der Waals surface area contributed by atoms with Crippen molar-refractivity contribution < 1.29 is 5.11 Å². The molecule has 0 amide bonds. The smallest absolute Gasteiger partial charge is 0.0610 e. The Labute approximate surface area is 97.7 Å². The van der Waals surface area contributed by atoms with Crippen LogP contribution in [0.2, 0.25) is 0 Å². The topological polar surface area (TPSA) is 32.3 Å². The minimum Gasteiger partial charge on any atom is -0.394 e. The molecule has 0 bridgehead atoms. The average molecular weight is 219 g/mol. The highest BCUT2D eigenvalue weighted by atomic mass is 16.3. The van der Waals surface area contributed by atoms with E-state index in [4.69, 9.17) is 0 Å². The zero-order valence-corrected chi connectivity index (χ0v) is 10.2. The van der Waals surface area contributed by atoms with Crippen LogP contribution in [0.4, 0.5) is 0 Å². The Balaban J connectivity index is 1.94. The van der Waals surface area contributed by atoms with Crippen LogP contribution in [0.3, 0.4) is 0 Å². The Morgan fingerprint density at radius 2 is 2.06 bits per heavy atom. The van der Waals surface area contributed by atoms with E-state index in [-0.39, 0.29) is 12.1 Å². The summed E-state index contributed by atoms with van der Waals surface area (Å²) < 4.78 is 0. The highest BCUT2D eigenvalue weighted by Gasteiger charge is 2.33. The predicted octanol–water partition coefficient (Wildman–Crippen LogP) is 1.90. The Morgan fingerprint density at radius 3 is 2.62 bits per heavy atom. The van der Waals surface area contributed by atoms with Crippen LogP contribution in [-0.2, 0) is 6.42 Å². The van der Waals surface area contributed by atoms with Crippen LogP contribution in [0.25, 0.3) is 0 Å². The largest absolute Gasteiger partial charge is 0.394 e. The second-order valence-corrected chi connectivity index (χ2v) is 5.36. The van der Waals surface area contributed by atoms with Gasteiger partial charge in [-0.1, -0.05) is 29.8 Å². The van der Waals surface area contributed by atoms with Gasteiger partial charge >= 0.3 is 0 Å². The number of benzene rings is 1. The Kier molecular flexibility index (Phi) is 3.31. The monoisotopic (exact) mass is 219 g/mol. The molecule has 2 nitrogen and oxygen atoms in total. The molecule has 1 heterocycles. The number of nitrogens with one attached hydrogen (secondary N) is 1. The van der Waals surface area contributed by atoms with Gasteiger partial charge in [0.2, 0.25) is 0 Å². The summed E-state index contributed by atoms with van der Waals surface area (Å²) in [5, 5.41) is 12.7. The lowest BCUT2D eigenvalue weighted by atomic mass is 9.91. The summed E-state index contributed by atoms with van der Waals surface area (Å²) >= 11 is 0. The third-order valence-electron chi connectivity index (χ3n) is 3.55. The van der Waals surface area contributed by atoms with Crippen molar-refractivity contribution in [1.29, 1.82) is 0 Å². The molecule has 1 aliphatic heterocycles. The Bertz CT molecular complexity index is 346. The van der Waals surface area contributed by atoms with Crippen molar-refractivity contribution in [3.63, 3.8) is 0 Å². The molecule has 2 heteroatoms. The lowest BCUT2D eigenvalue weighted by Crippen LogP contribution is -2.39. The van der Waals surface area contributed by atoms with Crippen LogP contribution >= 0.6 is 0 Å². The van der Waals surface area contributed by atoms with Crippen molar-refractivity contribution in [3.8, 4) is 0 Å². The molecule has 1 saturated heterocycles. The molecular weight excluding hydrogens is 198 g/mol. The molecule has 0 aliphatic carbocycles. The van der Waals surface area contributed by atoms with Gasteiger partial charge in [0.25, 0.3) is 0 Å². The van der Waals surface area contributed by atoms with Crippen molar-refractivity contribution in [3.05, 3.63) is 35.4 Å². The first-order valence-electron chi connectivity index (χ1n) is 6.03. The van der Waals surface area contributed by atoms with Crippen LogP contribution in [0.1, 0.15) is 24.5 Å². The van der Waals surface area contributed by atoms with Gasteiger partial charge in [0.05, 0.1) is 6.61 Å². The summed E-state index contributed by atoms with van der Waals surface area (Å²) in [5.74, 6) is 0.653. The molecule has 0 saturated carbocycles. The van der Waals surface area contributed by atoms with Gasteiger partial charge in [-0.25, -0.2) is 0 Å². The van der Waals surface area contributed by atoms with Crippen molar-refractivity contribution >= 4 is 0 Å². The standard InChI is InChI=1S/C14H21NO/c1-11-3-5-12(6-4-11)7-13-8-14(2,10-16)15-9-13/h3-6,13,15-16H,7-10H2,1-2H3. The molecule has 0 spiro atoms. The van der Waals surface area contributed by atoms with E-state index in [2.05, 4.69) is 43.4 Å². The van der Waals surface area contributed by atoms with E-state index in [1.165, 1.54) is 11.1 Å². The second kappa shape index (κ2) is 4.56. The number of aliphatic hydroxyl groups excluding tert-OH is 1. The van der Waals surface area contributed by atoms with Gasteiger partial charge in [-0.15, -0.1) is 0 Å². The number of hydrogen-bond donors (Lipinski definition) is 2. The van der Waals surface area contributed by atoms with Crippen molar-refractivity contribution in [2.24, 2.45) is 5.92 Å². The molecule has 1 aromatic rings. The first-order valence-corrected chi connectivity index (χ1v) is 6.03. The molecule has 2 rings (SSSR count). The van der Waals surface area contributed by atoms with Crippen LogP contribution in [0.5, 0.6) is 0 Å². The quantitative estimate of drug-likeness (QED) is 0.814. The summed E-state index contributed by atoms with van der Waals surface area (Å²) in [6, 6.07) is 8.76. The van der Waals surface area contributed by atoms with E-state index < -0.39 is 0 Å². The Morgan fingerprint density at radius 1 is 1.38 bits per heavy atom. The van der Waals surface area contributed by atoms with Crippen molar-refractivity contribution in [2.45, 2.75) is 32.2 Å². The molecule has 1 aliphatic rings. The molecule has 2 unspecified atom stereocenters. The van der Waals surface area contributed by atoms with E-state index in [9.17, 15) is 5.11 Å². The van der Waals surface area contributed by atoms with Crippen LogP contribution in [0, 0.1) is 12.8 Å². The molecule has 1 aromatic carbocycles. The zero-order chi connectivity index (χ0) is 11.6. The molecule has 0 radical (unpaired) electrons. The molecule has 2 atom stereocenters. The molecule has 1 fully saturated rings. The molecule has 88 valence electrons. The predicted molar refractivity (Wildman–Crippen MR) is 66.5 cm³/mol. The maximum atomic E-state index is 9.28. The van der Waals surface area contributed by atoms with Gasteiger partial charge in [-0.2, -0.15) is 0 Å². The van der Waals surface area contributed by atoms with E-state index in [1.807, 2.05) is 0 Å². The van der Waals surface area contributed by atoms with Gasteiger partial charge in [-0.05, 0) is 44.7 Å². The first-order chi connectivity index (χ1) is 7.61. The van der Waals surface area contributed by atoms with Crippen molar-refractivity contribution in [2.75, 3.05) is 13.2 Å². The maximum Gasteiger partial charge on any atom is 0.0610 e. The highest BCUT2D eigenvalue weighted by molar-refractivity contribution is 5.22. The van der Waals surface area contributed by atoms with E-state index >= 15 is 0 Å². The summed E-state index contributed by atoms with van der Waals surface area (Å²) in [7, 11) is 0. The van der Waals surface area contributed by atoms with Crippen molar-refractivity contribution in [1.82, 2.24) is 5.32 Å². The number of aryl methyl sites for hydroxylation is 1. The van der Waals surface area contributed by atoms with Crippen LogP contribution < -0.4 is 5.32 Å². The van der Waals surface area contributed by atoms with Gasteiger partial charge < -0.3 is 10.4 Å². The summed E-state index contributed by atoms with van der Waals surface area (Å²) in [5.41, 5.74) is 2.66. The molecular formula is C14H21NO. The summed E-state index contributed by atoms with van der Waals surface area (Å²) in [4.78, 5) is 0. The average Bonchev–Trinajstić information content (AvgIpc) is 2.65. The highest BCUT2D eigenvalue weighted by Crippen LogP contribution is 2.26. The fourth-order valence-electron chi connectivity index (χ4n) is 2.49. The number of aliphatic hydroxyl groups is 1. The van der Waals surface area contributed by atoms with Gasteiger partial charge in [0.15, 0.2) is 0 Å². The minimum absolute atomic E-state index is 0.0602. The minimum atomic E-state index is -0.0602. The summed E-state index contributed by atoms with van der Waals surface area (Å²) in [6.45, 7) is 5.47. The van der Waals surface area contributed by atoms with Crippen LogP contribution in [-0.4, -0.2) is 23.8 Å². The molecule has 0 aromatic heterocycles. The van der Waals surface area contributed by atoms with Gasteiger partial charge in [-0.3, -0.25) is 0 Å². The Hall–Kier alpha value is -0.860. The fraction of sp³-hybridized carbons (Fsp3) is 0.571. The molecule has 2 N–H and O–H groups in total. The lowest BCUT2D eigenvalue weighted by molar-refractivity contribution is 0.189. The maximum absolute atomic E-state index is 9.28. The van der Waals surface area contributed by atoms with Gasteiger partial charge in [0, 0.05) is 5.54 Å². The third-order valence-corrected chi connectivity index (χ3v) is 3.55. The number of rotatable bonds is 3. The number of hydrogen-bond acceptors (Lipinski definition) is 2. The second-order valence-electron chi connectivity index (χ2n) is 5.36. The normalized spacial score (nSPS) is 29.6. The SMILES string of the molecule is Cc1ccc(CC2CNC(C)(CO)C2)cc1. The van der Waals surface area contributed by atoms with E-state index in [1.54, 1.807) is 0 Å². The lowest BCUT2D eigenvalue weighted by Gasteiger charge is -2.21. The third kappa shape index (κ3) is 2.63. The fourth-order valence-corrected chi connectivity index (χ4v) is 2.49. The van der Waals surface area contributed by atoms with E-state index in [0.717, 1.165) is 19.4 Å².